The minimum atomic E-state index is -0.187. The number of nitrogens with two attached hydrogens (primary N) is 1. The van der Waals surface area contributed by atoms with Crippen molar-refractivity contribution in [2.45, 2.75) is 6.42 Å². The van der Waals surface area contributed by atoms with Crippen LogP contribution in [0.3, 0.4) is 0 Å². The first-order chi connectivity index (χ1) is 7.69. The van der Waals surface area contributed by atoms with E-state index in [1.165, 1.54) is 11.3 Å². The average Bonchev–Trinajstić information content (AvgIpc) is 2.66. The van der Waals surface area contributed by atoms with Gasteiger partial charge in [-0.3, -0.25) is 4.79 Å². The first-order valence-corrected chi connectivity index (χ1v) is 5.72. The Morgan fingerprint density at radius 3 is 2.94 bits per heavy atom. The molecular formula is C9H16N4O2S. The molecular weight excluding hydrogens is 228 g/mol. The lowest BCUT2D eigenvalue weighted by Gasteiger charge is -2.02. The predicted octanol–water partition coefficient (Wildman–Crippen LogP) is 0.533. The molecule has 0 fully saturated rings. The van der Waals surface area contributed by atoms with E-state index in [0.29, 0.717) is 23.2 Å². The van der Waals surface area contributed by atoms with Gasteiger partial charge < -0.3 is 21.1 Å². The number of thiazole rings is 1. The van der Waals surface area contributed by atoms with Gasteiger partial charge in [-0.05, 0) is 6.42 Å². The summed E-state index contributed by atoms with van der Waals surface area (Å²) in [4.78, 5) is 16.1. The van der Waals surface area contributed by atoms with Gasteiger partial charge in [0.25, 0.3) is 5.91 Å². The number of hydrogen-bond donors (Lipinski definition) is 3. The van der Waals surface area contributed by atoms with Crippen LogP contribution in [0.15, 0.2) is 0 Å². The highest BCUT2D eigenvalue weighted by atomic mass is 32.1. The molecule has 0 bridgehead atoms. The van der Waals surface area contributed by atoms with Gasteiger partial charge in [-0.2, -0.15) is 0 Å². The number of anilines is 2. The summed E-state index contributed by atoms with van der Waals surface area (Å²) in [5, 5.41) is 6.24. The molecule has 0 saturated carbocycles. The van der Waals surface area contributed by atoms with E-state index < -0.39 is 0 Å². The number of hydrogen-bond acceptors (Lipinski definition) is 6. The van der Waals surface area contributed by atoms with Gasteiger partial charge >= 0.3 is 0 Å². The van der Waals surface area contributed by atoms with E-state index in [2.05, 4.69) is 15.6 Å². The van der Waals surface area contributed by atoms with E-state index >= 15 is 0 Å². The second kappa shape index (κ2) is 6.29. The molecule has 1 amide bonds. The summed E-state index contributed by atoms with van der Waals surface area (Å²) in [6.45, 7) is 1.19. The monoisotopic (exact) mass is 244 g/mol. The van der Waals surface area contributed by atoms with Gasteiger partial charge in [0.1, 0.15) is 10.7 Å². The fourth-order valence-electron chi connectivity index (χ4n) is 1.10. The Labute approximate surface area is 98.2 Å². The fraction of sp³-hybridized carbons (Fsp3) is 0.556. The molecule has 0 aliphatic rings. The quantitative estimate of drug-likeness (QED) is 0.635. The van der Waals surface area contributed by atoms with Crippen LogP contribution in [0, 0.1) is 0 Å². The Balaban J connectivity index is 2.49. The number of carbonyl (C=O) groups is 1. The summed E-state index contributed by atoms with van der Waals surface area (Å²) in [7, 11) is 3.36. The number of nitrogen functional groups attached to an aromatic ring is 1. The molecule has 90 valence electrons. The van der Waals surface area contributed by atoms with Crippen LogP contribution in [0.2, 0.25) is 0 Å². The Bertz CT molecular complexity index is 353. The number of rotatable bonds is 6. The number of nitrogens with one attached hydrogen (secondary N) is 2. The third-order valence-electron chi connectivity index (χ3n) is 1.88. The topological polar surface area (TPSA) is 89.3 Å². The van der Waals surface area contributed by atoms with E-state index in [1.54, 1.807) is 14.2 Å². The summed E-state index contributed by atoms with van der Waals surface area (Å²) in [5.41, 5.74) is 5.62. The Morgan fingerprint density at radius 1 is 1.62 bits per heavy atom. The highest BCUT2D eigenvalue weighted by Crippen LogP contribution is 2.23. The third-order valence-corrected chi connectivity index (χ3v) is 2.97. The smallest absolute Gasteiger partial charge is 0.265 e. The van der Waals surface area contributed by atoms with Gasteiger partial charge in [-0.1, -0.05) is 11.3 Å². The van der Waals surface area contributed by atoms with E-state index in [9.17, 15) is 4.79 Å². The summed E-state index contributed by atoms with van der Waals surface area (Å²) < 4.78 is 4.88. The molecule has 1 rings (SSSR count). The zero-order chi connectivity index (χ0) is 12.0. The maximum absolute atomic E-state index is 11.7. The van der Waals surface area contributed by atoms with Crippen molar-refractivity contribution in [1.29, 1.82) is 0 Å². The lowest BCUT2D eigenvalue weighted by molar-refractivity contribution is 0.0953. The molecule has 0 aromatic carbocycles. The van der Waals surface area contributed by atoms with Gasteiger partial charge in [0.2, 0.25) is 0 Å². The third kappa shape index (κ3) is 3.35. The zero-order valence-corrected chi connectivity index (χ0v) is 10.2. The molecule has 0 aliphatic heterocycles. The minimum Gasteiger partial charge on any atom is -0.385 e. The summed E-state index contributed by atoms with van der Waals surface area (Å²) in [6, 6.07) is 0. The van der Waals surface area contributed by atoms with Crippen LogP contribution >= 0.6 is 11.3 Å². The second-order valence-electron chi connectivity index (χ2n) is 3.09. The fourth-order valence-corrected chi connectivity index (χ4v) is 1.85. The first kappa shape index (κ1) is 12.7. The largest absolute Gasteiger partial charge is 0.385 e. The maximum atomic E-state index is 11.7. The molecule has 7 heteroatoms. The molecule has 0 saturated heterocycles. The van der Waals surface area contributed by atoms with Crippen molar-refractivity contribution in [3.8, 4) is 0 Å². The van der Waals surface area contributed by atoms with Crippen LogP contribution in [-0.2, 0) is 4.74 Å². The van der Waals surface area contributed by atoms with Gasteiger partial charge in [0.05, 0.1) is 0 Å². The maximum Gasteiger partial charge on any atom is 0.265 e. The Hall–Kier alpha value is -1.34. The number of nitrogens with zero attached hydrogens (tertiary/aromatic N) is 1. The lowest BCUT2D eigenvalue weighted by Crippen LogP contribution is -2.25. The van der Waals surface area contributed by atoms with Crippen LogP contribution in [0.1, 0.15) is 16.1 Å². The summed E-state index contributed by atoms with van der Waals surface area (Å²) in [5.74, 6) is 0.0752. The Kier molecular flexibility index (Phi) is 5.00. The summed E-state index contributed by atoms with van der Waals surface area (Å²) in [6.07, 6.45) is 0.778. The van der Waals surface area contributed by atoms with Crippen molar-refractivity contribution in [2.75, 3.05) is 38.4 Å². The average molecular weight is 244 g/mol. The molecule has 16 heavy (non-hydrogen) atoms. The molecule has 0 atom stereocenters. The van der Waals surface area contributed by atoms with Crippen LogP contribution in [-0.4, -0.2) is 38.2 Å². The highest BCUT2D eigenvalue weighted by molar-refractivity contribution is 7.18. The SMILES string of the molecule is CNc1nc(N)c(C(=O)NCCCOC)s1. The molecule has 1 aromatic rings. The van der Waals surface area contributed by atoms with E-state index in [-0.39, 0.29) is 11.7 Å². The molecule has 0 unspecified atom stereocenters. The Morgan fingerprint density at radius 2 is 2.38 bits per heavy atom. The van der Waals surface area contributed by atoms with Crippen molar-refractivity contribution in [3.63, 3.8) is 0 Å². The number of aromatic nitrogens is 1. The van der Waals surface area contributed by atoms with Crippen LogP contribution in [0.5, 0.6) is 0 Å². The standard InChI is InChI=1S/C9H16N4O2S/c1-11-9-13-7(10)6(16-9)8(14)12-4-3-5-15-2/h3-5,10H2,1-2H3,(H,11,13)(H,12,14). The van der Waals surface area contributed by atoms with Crippen molar-refractivity contribution in [3.05, 3.63) is 4.88 Å². The van der Waals surface area contributed by atoms with Gasteiger partial charge in [0, 0.05) is 27.3 Å². The van der Waals surface area contributed by atoms with Crippen molar-refractivity contribution >= 4 is 28.2 Å². The van der Waals surface area contributed by atoms with E-state index in [1.807, 2.05) is 0 Å². The van der Waals surface area contributed by atoms with Crippen LogP contribution < -0.4 is 16.4 Å². The van der Waals surface area contributed by atoms with Crippen molar-refractivity contribution in [2.24, 2.45) is 0 Å². The lowest BCUT2D eigenvalue weighted by atomic mass is 10.4. The summed E-state index contributed by atoms with van der Waals surface area (Å²) >= 11 is 1.24. The normalized spacial score (nSPS) is 10.1. The molecule has 0 aliphatic carbocycles. The molecule has 4 N–H and O–H groups in total. The zero-order valence-electron chi connectivity index (χ0n) is 9.37. The van der Waals surface area contributed by atoms with Crippen molar-refractivity contribution in [1.82, 2.24) is 10.3 Å². The van der Waals surface area contributed by atoms with E-state index in [4.69, 9.17) is 10.5 Å². The van der Waals surface area contributed by atoms with Crippen molar-refractivity contribution < 1.29 is 9.53 Å². The van der Waals surface area contributed by atoms with Gasteiger partial charge in [-0.25, -0.2) is 4.98 Å². The van der Waals surface area contributed by atoms with Gasteiger partial charge in [0.15, 0.2) is 5.13 Å². The van der Waals surface area contributed by atoms with E-state index in [0.717, 1.165) is 6.42 Å². The highest BCUT2D eigenvalue weighted by Gasteiger charge is 2.14. The predicted molar refractivity (Wildman–Crippen MR) is 64.9 cm³/mol. The number of methoxy groups -OCH3 is 1. The molecule has 0 spiro atoms. The van der Waals surface area contributed by atoms with Gasteiger partial charge in [-0.15, -0.1) is 0 Å². The number of carbonyl (C=O) groups excluding carboxylic acids is 1. The molecule has 0 radical (unpaired) electrons. The number of ether oxygens (including phenoxy) is 1. The minimum absolute atomic E-state index is 0.187. The van der Waals surface area contributed by atoms with Crippen LogP contribution in [0.4, 0.5) is 10.9 Å². The number of amides is 1. The first-order valence-electron chi connectivity index (χ1n) is 4.90. The van der Waals surface area contributed by atoms with Crippen LogP contribution in [0.25, 0.3) is 0 Å². The molecule has 1 aromatic heterocycles. The molecule has 1 heterocycles. The molecule has 6 nitrogen and oxygen atoms in total. The second-order valence-corrected chi connectivity index (χ2v) is 4.08.